The summed E-state index contributed by atoms with van der Waals surface area (Å²) in [5, 5.41) is 0. The molecule has 2 aliphatic heterocycles. The molecule has 0 aromatic rings. The minimum absolute atomic E-state index is 0.0127. The predicted octanol–water partition coefficient (Wildman–Crippen LogP) is 0.999. The first-order valence-electron chi connectivity index (χ1n) is 5.20. The molecule has 72 valence electrons. The Balaban J connectivity index is 2.36. The van der Waals surface area contributed by atoms with Gasteiger partial charge in [-0.15, -0.1) is 0 Å². The van der Waals surface area contributed by atoms with Gasteiger partial charge in [0.25, 0.3) is 0 Å². The second kappa shape index (κ2) is 2.74. The van der Waals surface area contributed by atoms with Gasteiger partial charge < -0.3 is 4.74 Å². The fourth-order valence-corrected chi connectivity index (χ4v) is 3.37. The third kappa shape index (κ3) is 0.923. The highest BCUT2D eigenvalue weighted by molar-refractivity contribution is 6.12. The van der Waals surface area contributed by atoms with Gasteiger partial charge in [0.05, 0.1) is 5.60 Å². The van der Waals surface area contributed by atoms with Crippen LogP contribution >= 0.6 is 0 Å². The number of likely N-dealkylation sites (N-methyl/N-ethyl adjacent to an activating group) is 1. The Morgan fingerprint density at radius 2 is 2.08 bits per heavy atom. The molecule has 2 saturated heterocycles. The lowest BCUT2D eigenvalue weighted by molar-refractivity contribution is -0.0978. The van der Waals surface area contributed by atoms with Crippen LogP contribution in [0.1, 0.15) is 27.2 Å². The average Bonchev–Trinajstić information content (AvgIpc) is 2.44. The molecule has 1 unspecified atom stereocenters. The van der Waals surface area contributed by atoms with E-state index in [2.05, 4.69) is 32.7 Å². The van der Waals surface area contributed by atoms with Crippen LogP contribution in [0, 0.1) is 5.92 Å². The zero-order chi connectivity index (χ0) is 9.80. The minimum atomic E-state index is -0.0869. The number of hydrogen-bond acceptors (Lipinski definition) is 2. The van der Waals surface area contributed by atoms with Crippen molar-refractivity contribution < 1.29 is 4.74 Å². The molecule has 2 nitrogen and oxygen atoms in total. The number of hydrogen-bond donors (Lipinski definition) is 0. The van der Waals surface area contributed by atoms with E-state index in [0.717, 1.165) is 6.42 Å². The van der Waals surface area contributed by atoms with E-state index in [9.17, 15) is 0 Å². The number of ether oxygens (including phenoxy) is 1. The highest BCUT2D eigenvalue weighted by atomic mass is 16.5. The van der Waals surface area contributed by atoms with E-state index in [1.165, 1.54) is 0 Å². The monoisotopic (exact) mass is 179 g/mol. The van der Waals surface area contributed by atoms with Crippen molar-refractivity contribution in [1.82, 2.24) is 4.90 Å². The second-order valence-electron chi connectivity index (χ2n) is 4.51. The van der Waals surface area contributed by atoms with Crippen molar-refractivity contribution in [3.05, 3.63) is 0 Å². The highest BCUT2D eigenvalue weighted by Gasteiger charge is 2.61. The van der Waals surface area contributed by atoms with Crippen molar-refractivity contribution in [2.45, 2.75) is 50.9 Å². The van der Waals surface area contributed by atoms with Crippen LogP contribution in [0.3, 0.4) is 0 Å². The van der Waals surface area contributed by atoms with Crippen molar-refractivity contribution in [2.24, 2.45) is 5.92 Å². The average molecular weight is 179 g/mol. The van der Waals surface area contributed by atoms with Crippen molar-refractivity contribution in [3.63, 3.8) is 0 Å². The SMILES string of the molecule is [B][C@@H]1O[C@]2(CC)C(C)[C@@H]1N(C)[C@H]2C. The largest absolute Gasteiger partial charge is 0.378 e. The number of nitrogens with zero attached hydrogens (tertiary/aromatic N) is 1. The topological polar surface area (TPSA) is 12.5 Å². The van der Waals surface area contributed by atoms with Gasteiger partial charge in [0.15, 0.2) is 0 Å². The summed E-state index contributed by atoms with van der Waals surface area (Å²) in [6, 6.07) is 0.823. The van der Waals surface area contributed by atoms with Gasteiger partial charge in [-0.25, -0.2) is 0 Å². The van der Waals surface area contributed by atoms with Crippen LogP contribution in [-0.4, -0.2) is 43.5 Å². The first kappa shape index (κ1) is 9.54. The number of rotatable bonds is 1. The van der Waals surface area contributed by atoms with Crippen molar-refractivity contribution in [1.29, 1.82) is 0 Å². The van der Waals surface area contributed by atoms with Gasteiger partial charge in [-0.05, 0) is 20.4 Å². The van der Waals surface area contributed by atoms with Crippen molar-refractivity contribution in [2.75, 3.05) is 7.05 Å². The summed E-state index contributed by atoms with van der Waals surface area (Å²) in [7, 11) is 8.12. The number of morpholine rings is 1. The Morgan fingerprint density at radius 1 is 1.46 bits per heavy atom. The molecule has 3 heteroatoms. The highest BCUT2D eigenvalue weighted by Crippen LogP contribution is 2.50. The van der Waals surface area contributed by atoms with Crippen molar-refractivity contribution in [3.8, 4) is 0 Å². The molecule has 2 aliphatic rings. The van der Waals surface area contributed by atoms with Crippen LogP contribution in [0.4, 0.5) is 0 Å². The molecule has 13 heavy (non-hydrogen) atoms. The van der Waals surface area contributed by atoms with Gasteiger partial charge in [0.2, 0.25) is 0 Å². The molecule has 0 aliphatic carbocycles. The van der Waals surface area contributed by atoms with E-state index < -0.39 is 0 Å². The lowest BCUT2D eigenvalue weighted by atomic mass is 9.82. The quantitative estimate of drug-likeness (QED) is 0.556. The zero-order valence-electron chi connectivity index (χ0n) is 8.95. The summed E-state index contributed by atoms with van der Waals surface area (Å²) in [5.74, 6) is 0.562. The normalized spacial score (nSPS) is 56.0. The third-order valence-corrected chi connectivity index (χ3v) is 4.32. The predicted molar refractivity (Wildman–Crippen MR) is 53.8 cm³/mol. The van der Waals surface area contributed by atoms with E-state index >= 15 is 0 Å². The summed E-state index contributed by atoms with van der Waals surface area (Å²) in [4.78, 5) is 2.38. The fourth-order valence-electron chi connectivity index (χ4n) is 3.37. The zero-order valence-corrected chi connectivity index (χ0v) is 8.95. The molecule has 0 spiro atoms. The molecular weight excluding hydrogens is 161 g/mol. The molecule has 0 N–H and O–H groups in total. The van der Waals surface area contributed by atoms with Gasteiger partial charge in [-0.2, -0.15) is 0 Å². The maximum Gasteiger partial charge on any atom is 0.111 e. The van der Waals surface area contributed by atoms with Crippen LogP contribution in [-0.2, 0) is 4.74 Å². The molecule has 2 heterocycles. The van der Waals surface area contributed by atoms with E-state index in [0.29, 0.717) is 18.0 Å². The molecule has 2 fully saturated rings. The van der Waals surface area contributed by atoms with E-state index in [1.807, 2.05) is 0 Å². The van der Waals surface area contributed by atoms with Gasteiger partial charge in [-0.1, -0.05) is 13.8 Å². The van der Waals surface area contributed by atoms with E-state index in [4.69, 9.17) is 12.6 Å². The van der Waals surface area contributed by atoms with Crippen LogP contribution in [0.25, 0.3) is 0 Å². The van der Waals surface area contributed by atoms with Crippen LogP contribution < -0.4 is 0 Å². The van der Waals surface area contributed by atoms with Gasteiger partial charge in [0, 0.05) is 24.0 Å². The van der Waals surface area contributed by atoms with Gasteiger partial charge in [0.1, 0.15) is 7.85 Å². The van der Waals surface area contributed by atoms with Crippen molar-refractivity contribution >= 4 is 7.85 Å². The number of likely N-dealkylation sites (tertiary alicyclic amines) is 1. The third-order valence-electron chi connectivity index (χ3n) is 4.32. The summed E-state index contributed by atoms with van der Waals surface area (Å²) in [6.07, 6.45) is 1.06. The molecular formula is C10H18BNO. The lowest BCUT2D eigenvalue weighted by Gasteiger charge is -2.40. The Kier molecular flexibility index (Phi) is 2.01. The summed E-state index contributed by atoms with van der Waals surface area (Å²) in [6.45, 7) is 6.70. The molecule has 0 aromatic carbocycles. The van der Waals surface area contributed by atoms with E-state index in [1.54, 1.807) is 0 Å². The Labute approximate surface area is 82.0 Å². The Bertz CT molecular complexity index is 223. The first-order chi connectivity index (χ1) is 6.04. The minimum Gasteiger partial charge on any atom is -0.378 e. The molecule has 5 atom stereocenters. The summed E-state index contributed by atoms with van der Waals surface area (Å²) >= 11 is 0. The Morgan fingerprint density at radius 3 is 2.46 bits per heavy atom. The molecule has 2 bridgehead atoms. The first-order valence-corrected chi connectivity index (χ1v) is 5.20. The maximum atomic E-state index is 5.96. The molecule has 0 amide bonds. The number of fused-ring (bicyclic) bond motifs is 2. The molecule has 0 aromatic heterocycles. The molecule has 2 radical (unpaired) electrons. The Hall–Kier alpha value is -0.0151. The molecule has 2 rings (SSSR count). The summed E-state index contributed by atoms with van der Waals surface area (Å²) in [5.41, 5.74) is 0.0127. The summed E-state index contributed by atoms with van der Waals surface area (Å²) < 4.78 is 5.93. The van der Waals surface area contributed by atoms with Gasteiger partial charge >= 0.3 is 0 Å². The van der Waals surface area contributed by atoms with E-state index in [-0.39, 0.29) is 11.6 Å². The maximum absolute atomic E-state index is 5.96. The standard InChI is InChI=1S/C10H18BNO/c1-5-10-6(2)8(9(11)13-10)12(4)7(10)3/h6-9H,5H2,1-4H3/t6?,7-,8-,9+,10+/m0/s1. The second-order valence-corrected chi connectivity index (χ2v) is 4.51. The van der Waals surface area contributed by atoms with Crippen LogP contribution in [0.5, 0.6) is 0 Å². The van der Waals surface area contributed by atoms with Gasteiger partial charge in [-0.3, -0.25) is 4.90 Å². The lowest BCUT2D eigenvalue weighted by Crippen LogP contribution is -2.52. The fraction of sp³-hybridized carbons (Fsp3) is 1.00. The molecule has 0 saturated carbocycles. The van der Waals surface area contributed by atoms with Crippen LogP contribution in [0.15, 0.2) is 0 Å². The smallest absolute Gasteiger partial charge is 0.111 e. The van der Waals surface area contributed by atoms with Crippen LogP contribution in [0.2, 0.25) is 0 Å².